The summed E-state index contributed by atoms with van der Waals surface area (Å²) >= 11 is 1.41. The molecule has 3 heterocycles. The molecular formula is C44H43N5O7S. The van der Waals surface area contributed by atoms with Gasteiger partial charge in [-0.25, -0.2) is 4.79 Å². The van der Waals surface area contributed by atoms with Gasteiger partial charge in [0.1, 0.15) is 18.1 Å². The fourth-order valence-electron chi connectivity index (χ4n) is 6.54. The van der Waals surface area contributed by atoms with E-state index in [0.29, 0.717) is 16.8 Å². The number of thiophene rings is 1. The second kappa shape index (κ2) is 19.3. The lowest BCUT2D eigenvalue weighted by molar-refractivity contribution is -0.143. The number of carboxylic acid groups (broad SMARTS) is 1. The molecule has 3 atom stereocenters. The van der Waals surface area contributed by atoms with Crippen LogP contribution in [0.3, 0.4) is 0 Å². The van der Waals surface area contributed by atoms with Crippen LogP contribution < -0.4 is 21.3 Å². The van der Waals surface area contributed by atoms with Crippen LogP contribution in [0.4, 0.5) is 5.69 Å². The van der Waals surface area contributed by atoms with Gasteiger partial charge in [-0.05, 0) is 51.4 Å². The van der Waals surface area contributed by atoms with Gasteiger partial charge < -0.3 is 31.3 Å². The Morgan fingerprint density at radius 1 is 0.649 bits per heavy atom. The molecule has 7 rings (SSSR count). The molecule has 0 unspecified atom stereocenters. The molecule has 0 fully saturated rings. The van der Waals surface area contributed by atoms with Crippen LogP contribution in [0.1, 0.15) is 34.4 Å². The molecular weight excluding hydrogens is 743 g/mol. The Morgan fingerprint density at radius 2 is 1.32 bits per heavy atom. The third-order valence-corrected chi connectivity index (χ3v) is 10.4. The largest absolute Gasteiger partial charge is 0.480 e. The second-order valence-electron chi connectivity index (χ2n) is 13.8. The summed E-state index contributed by atoms with van der Waals surface area (Å²) in [5.74, 6) is -4.13. The van der Waals surface area contributed by atoms with Crippen LogP contribution in [0.5, 0.6) is 0 Å². The van der Waals surface area contributed by atoms with Gasteiger partial charge in [0.2, 0.25) is 29.5 Å². The van der Waals surface area contributed by atoms with Crippen LogP contribution >= 0.6 is 11.3 Å². The predicted molar refractivity (Wildman–Crippen MR) is 217 cm³/mol. The van der Waals surface area contributed by atoms with Gasteiger partial charge in [-0.2, -0.15) is 0 Å². The van der Waals surface area contributed by atoms with Crippen molar-refractivity contribution in [2.75, 3.05) is 11.9 Å². The minimum Gasteiger partial charge on any atom is -0.480 e. The van der Waals surface area contributed by atoms with Crippen molar-refractivity contribution in [3.05, 3.63) is 148 Å². The van der Waals surface area contributed by atoms with Crippen LogP contribution in [0.15, 0.2) is 127 Å². The molecule has 2 aliphatic rings. The van der Waals surface area contributed by atoms with Gasteiger partial charge in [-0.1, -0.05) is 103 Å². The monoisotopic (exact) mass is 785 g/mol. The zero-order valence-electron chi connectivity index (χ0n) is 31.1. The first-order valence-corrected chi connectivity index (χ1v) is 19.5. The van der Waals surface area contributed by atoms with E-state index in [1.807, 2.05) is 78.2 Å². The third-order valence-electron chi connectivity index (χ3n) is 9.50. The normalized spacial score (nSPS) is 18.8. The molecule has 0 aliphatic carbocycles. The van der Waals surface area contributed by atoms with Gasteiger partial charge >= 0.3 is 5.97 Å². The maximum atomic E-state index is 14.8. The molecule has 2 aliphatic heterocycles. The lowest BCUT2D eigenvalue weighted by Gasteiger charge is -2.29. The van der Waals surface area contributed by atoms with Gasteiger partial charge in [-0.15, -0.1) is 11.3 Å². The highest BCUT2D eigenvalue weighted by atomic mass is 32.1. The zero-order valence-corrected chi connectivity index (χ0v) is 31.9. The number of nitrogens with zero attached hydrogens (tertiary/aromatic N) is 1. The number of fused-ring (bicyclic) bond motifs is 18. The Balaban J connectivity index is 1.35. The van der Waals surface area contributed by atoms with Gasteiger partial charge in [0.15, 0.2) is 0 Å². The Morgan fingerprint density at radius 3 is 1.98 bits per heavy atom. The molecule has 5 N–H and O–H groups in total. The van der Waals surface area contributed by atoms with Crippen molar-refractivity contribution >= 4 is 52.5 Å². The average molecular weight is 786 g/mol. The van der Waals surface area contributed by atoms with Crippen LogP contribution in [0.2, 0.25) is 0 Å². The van der Waals surface area contributed by atoms with Crippen LogP contribution in [-0.4, -0.2) is 70.2 Å². The first-order chi connectivity index (χ1) is 27.6. The number of aliphatic carboxylic acids is 1. The van der Waals surface area contributed by atoms with E-state index in [1.54, 1.807) is 48.5 Å². The number of anilines is 1. The average Bonchev–Trinajstić information content (AvgIpc) is 3.73. The van der Waals surface area contributed by atoms with Crippen molar-refractivity contribution in [1.82, 2.24) is 20.9 Å². The third kappa shape index (κ3) is 11.7. The van der Waals surface area contributed by atoms with Crippen molar-refractivity contribution in [2.24, 2.45) is 0 Å². The number of hydrogen-bond donors (Lipinski definition) is 5. The number of nitrogens with one attached hydrogen (secondary N) is 4. The molecule has 292 valence electrons. The molecule has 5 amide bonds. The predicted octanol–water partition coefficient (Wildman–Crippen LogP) is 4.74. The van der Waals surface area contributed by atoms with E-state index in [9.17, 15) is 33.9 Å². The zero-order chi connectivity index (χ0) is 40.1. The molecule has 0 saturated heterocycles. The molecule has 12 nitrogen and oxygen atoms in total. The van der Waals surface area contributed by atoms with E-state index in [2.05, 4.69) is 21.3 Å². The summed E-state index contributed by atoms with van der Waals surface area (Å²) in [6.45, 7) is -0.515. The fraction of sp³-hybridized carbons (Fsp3) is 0.227. The number of benzene rings is 4. The highest BCUT2D eigenvalue weighted by Gasteiger charge is 2.32. The fourth-order valence-corrected chi connectivity index (χ4v) is 7.29. The summed E-state index contributed by atoms with van der Waals surface area (Å²) in [4.78, 5) is 83.2. The van der Waals surface area contributed by atoms with Crippen molar-refractivity contribution in [3.63, 3.8) is 0 Å². The maximum Gasteiger partial charge on any atom is 0.326 e. The minimum atomic E-state index is -1.32. The Labute approximate surface area is 334 Å². The van der Waals surface area contributed by atoms with E-state index in [1.165, 1.54) is 16.2 Å². The minimum absolute atomic E-state index is 0.0119. The maximum absolute atomic E-state index is 14.8. The van der Waals surface area contributed by atoms with Crippen molar-refractivity contribution in [1.29, 1.82) is 0 Å². The first-order valence-electron chi connectivity index (χ1n) is 18.6. The summed E-state index contributed by atoms with van der Waals surface area (Å²) in [7, 11) is 0. The molecule has 4 aromatic carbocycles. The molecule has 2 bridgehead atoms. The lowest BCUT2D eigenvalue weighted by atomic mass is 9.99. The number of rotatable bonds is 8. The van der Waals surface area contributed by atoms with Crippen molar-refractivity contribution in [3.8, 4) is 11.1 Å². The van der Waals surface area contributed by atoms with Crippen LogP contribution in [0, 0.1) is 0 Å². The first kappa shape index (κ1) is 40.1. The summed E-state index contributed by atoms with van der Waals surface area (Å²) in [6, 6.07) is 32.9. The highest BCUT2D eigenvalue weighted by molar-refractivity contribution is 7.09. The molecule has 5 aromatic rings. The highest BCUT2D eigenvalue weighted by Crippen LogP contribution is 2.21. The molecule has 57 heavy (non-hydrogen) atoms. The van der Waals surface area contributed by atoms with Gasteiger partial charge in [0.05, 0.1) is 6.54 Å². The summed E-state index contributed by atoms with van der Waals surface area (Å²) < 4.78 is 0. The van der Waals surface area contributed by atoms with E-state index < -0.39 is 60.2 Å². The van der Waals surface area contributed by atoms with Gasteiger partial charge in [-0.3, -0.25) is 24.0 Å². The van der Waals surface area contributed by atoms with Crippen molar-refractivity contribution in [2.45, 2.75) is 56.8 Å². The summed E-state index contributed by atoms with van der Waals surface area (Å²) in [5, 5.41) is 22.9. The molecule has 13 heteroatoms. The van der Waals surface area contributed by atoms with Crippen molar-refractivity contribution < 1.29 is 33.9 Å². The van der Waals surface area contributed by atoms with Crippen LogP contribution in [-0.2, 0) is 54.6 Å². The standard InChI is InChI=1S/C44H43N5O7S/c50-39-21-22-40(51)46-36(26-35-12-7-23-57-35)42(53)48-37(24-29-13-17-33(18-14-29)32-10-5-2-6-11-32)43(54)49(27-31-8-3-1-4-9-31)28-41(52)47-38(44(55)56)25-30-15-19-34(45-39)20-16-30/h1-20,23,36-38H,21-22,24-28H2,(H,45,50)(H,46,51)(H,47,52)(H,48,53)(H,55,56)/t36-,37+,38-/m1/s1. The van der Waals surface area contributed by atoms with E-state index in [0.717, 1.165) is 21.6 Å². The Bertz CT molecular complexity index is 2160. The molecule has 0 radical (unpaired) electrons. The van der Waals surface area contributed by atoms with Gasteiger partial charge in [0.25, 0.3) is 0 Å². The second-order valence-corrected chi connectivity index (χ2v) is 14.9. The lowest BCUT2D eigenvalue weighted by Crippen LogP contribution is -2.57. The molecule has 0 saturated carbocycles. The number of hydrogen-bond acceptors (Lipinski definition) is 7. The molecule has 0 spiro atoms. The summed E-state index contributed by atoms with van der Waals surface area (Å²) in [5.41, 5.74) is 4.43. The van der Waals surface area contributed by atoms with E-state index >= 15 is 0 Å². The smallest absolute Gasteiger partial charge is 0.326 e. The summed E-state index contributed by atoms with van der Waals surface area (Å²) in [6.07, 6.45) is -0.256. The van der Waals surface area contributed by atoms with E-state index in [4.69, 9.17) is 0 Å². The number of carboxylic acids is 1. The molecule has 1 aromatic heterocycles. The number of carbonyl (C=O) groups is 6. The number of amides is 5. The number of carbonyl (C=O) groups excluding carboxylic acids is 5. The Hall–Kier alpha value is -6.60. The van der Waals surface area contributed by atoms with Gasteiger partial charge in [0, 0.05) is 49.2 Å². The quantitative estimate of drug-likeness (QED) is 0.141. The SMILES string of the molecule is O=C1CCC(=O)N[C@H](Cc2cccs2)C(=O)N[C@@H](Cc2ccc(-c3ccccc3)cc2)C(=O)N(Cc2ccccc2)CC(=O)N[C@@H](C(=O)O)Cc2ccc(cc2)N1. The topological polar surface area (TPSA) is 174 Å². The Kier molecular flexibility index (Phi) is 13.6. The van der Waals surface area contributed by atoms with E-state index in [-0.39, 0.29) is 38.6 Å². The van der Waals surface area contributed by atoms with Crippen LogP contribution in [0.25, 0.3) is 11.1 Å².